The van der Waals surface area contributed by atoms with Crippen LogP contribution in [0.25, 0.3) is 0 Å². The van der Waals surface area contributed by atoms with Crippen LogP contribution in [0.3, 0.4) is 0 Å². The fraction of sp³-hybridized carbons (Fsp3) is 0.846. The Balaban J connectivity index is 2.16. The lowest BCUT2D eigenvalue weighted by atomic mass is 9.75. The van der Waals surface area contributed by atoms with E-state index in [1.54, 1.807) is 0 Å². The zero-order valence-corrected chi connectivity index (χ0v) is 11.2. The average Bonchev–Trinajstić information content (AvgIpc) is 2.38. The predicted octanol–water partition coefficient (Wildman–Crippen LogP) is 1.99. The molecule has 0 heterocycles. The standard InChI is InChI=1S/C13H25N3O2/c1-13(8-4-2-5-9-13)12(17)15-10-6-3-7-11(14)16-18/h18H,2-10H2,1H3,(H2,14,16)(H,15,17). The summed E-state index contributed by atoms with van der Waals surface area (Å²) in [7, 11) is 0. The van der Waals surface area contributed by atoms with Crippen molar-refractivity contribution in [2.45, 2.75) is 58.3 Å². The maximum absolute atomic E-state index is 12.1. The van der Waals surface area contributed by atoms with Crippen molar-refractivity contribution >= 4 is 11.7 Å². The Kier molecular flexibility index (Phi) is 5.95. The number of oxime groups is 1. The third-order valence-electron chi connectivity index (χ3n) is 3.78. The molecule has 104 valence electrons. The van der Waals surface area contributed by atoms with E-state index in [0.29, 0.717) is 13.0 Å². The number of amides is 1. The minimum Gasteiger partial charge on any atom is -0.409 e. The lowest BCUT2D eigenvalue weighted by molar-refractivity contribution is -0.131. The molecule has 5 heteroatoms. The van der Waals surface area contributed by atoms with Crippen LogP contribution in [0, 0.1) is 5.41 Å². The van der Waals surface area contributed by atoms with Gasteiger partial charge in [0.1, 0.15) is 5.84 Å². The maximum Gasteiger partial charge on any atom is 0.225 e. The van der Waals surface area contributed by atoms with E-state index in [1.165, 1.54) is 6.42 Å². The van der Waals surface area contributed by atoms with E-state index in [9.17, 15) is 4.79 Å². The van der Waals surface area contributed by atoms with Crippen LogP contribution in [-0.2, 0) is 4.79 Å². The second kappa shape index (κ2) is 7.24. The SMILES string of the molecule is CC1(C(=O)NCCCCC(N)=NO)CCCCC1. The van der Waals surface area contributed by atoms with Crippen LogP contribution in [0.1, 0.15) is 58.3 Å². The number of carbonyl (C=O) groups is 1. The minimum absolute atomic E-state index is 0.163. The van der Waals surface area contributed by atoms with E-state index in [4.69, 9.17) is 10.9 Å². The molecule has 0 saturated heterocycles. The monoisotopic (exact) mass is 255 g/mol. The van der Waals surface area contributed by atoms with Crippen LogP contribution in [0.2, 0.25) is 0 Å². The van der Waals surface area contributed by atoms with Gasteiger partial charge in [-0.15, -0.1) is 0 Å². The van der Waals surface area contributed by atoms with Crippen molar-refractivity contribution in [1.82, 2.24) is 5.32 Å². The Morgan fingerprint density at radius 3 is 2.61 bits per heavy atom. The predicted molar refractivity (Wildman–Crippen MR) is 71.5 cm³/mol. The number of rotatable bonds is 6. The molecule has 0 radical (unpaired) electrons. The third-order valence-corrected chi connectivity index (χ3v) is 3.78. The fourth-order valence-corrected chi connectivity index (χ4v) is 2.46. The molecule has 1 saturated carbocycles. The van der Waals surface area contributed by atoms with Crippen molar-refractivity contribution in [3.05, 3.63) is 0 Å². The normalized spacial score (nSPS) is 19.5. The van der Waals surface area contributed by atoms with Crippen molar-refractivity contribution < 1.29 is 10.0 Å². The molecule has 1 aliphatic carbocycles. The highest BCUT2D eigenvalue weighted by Gasteiger charge is 2.33. The Morgan fingerprint density at radius 1 is 1.33 bits per heavy atom. The van der Waals surface area contributed by atoms with Gasteiger partial charge in [-0.1, -0.05) is 31.3 Å². The van der Waals surface area contributed by atoms with Crippen LogP contribution < -0.4 is 11.1 Å². The molecule has 0 aromatic heterocycles. The second-order valence-corrected chi connectivity index (χ2v) is 5.43. The largest absolute Gasteiger partial charge is 0.409 e. The number of amidine groups is 1. The fourth-order valence-electron chi connectivity index (χ4n) is 2.46. The molecule has 5 nitrogen and oxygen atoms in total. The summed E-state index contributed by atoms with van der Waals surface area (Å²) < 4.78 is 0. The molecule has 1 rings (SSSR count). The Hall–Kier alpha value is -1.26. The van der Waals surface area contributed by atoms with Crippen LogP contribution in [0.4, 0.5) is 0 Å². The van der Waals surface area contributed by atoms with Crippen molar-refractivity contribution in [2.24, 2.45) is 16.3 Å². The molecule has 1 fully saturated rings. The van der Waals surface area contributed by atoms with Crippen LogP contribution >= 0.6 is 0 Å². The van der Waals surface area contributed by atoms with Crippen LogP contribution in [-0.4, -0.2) is 23.5 Å². The van der Waals surface area contributed by atoms with Gasteiger partial charge in [0.15, 0.2) is 0 Å². The van der Waals surface area contributed by atoms with Gasteiger partial charge >= 0.3 is 0 Å². The van der Waals surface area contributed by atoms with E-state index < -0.39 is 0 Å². The van der Waals surface area contributed by atoms with Gasteiger partial charge in [0.2, 0.25) is 5.91 Å². The molecular formula is C13H25N3O2. The van der Waals surface area contributed by atoms with Gasteiger partial charge in [0, 0.05) is 18.4 Å². The molecule has 4 N–H and O–H groups in total. The number of unbranched alkanes of at least 4 members (excludes halogenated alkanes) is 1. The van der Waals surface area contributed by atoms with E-state index in [2.05, 4.69) is 17.4 Å². The summed E-state index contributed by atoms with van der Waals surface area (Å²) in [6.45, 7) is 2.74. The number of nitrogens with one attached hydrogen (secondary N) is 1. The van der Waals surface area contributed by atoms with Gasteiger partial charge in [-0.25, -0.2) is 0 Å². The van der Waals surface area contributed by atoms with Gasteiger partial charge in [0.05, 0.1) is 0 Å². The van der Waals surface area contributed by atoms with Crippen molar-refractivity contribution in [3.8, 4) is 0 Å². The lowest BCUT2D eigenvalue weighted by Crippen LogP contribution is -2.40. The summed E-state index contributed by atoms with van der Waals surface area (Å²) >= 11 is 0. The Morgan fingerprint density at radius 2 is 2.00 bits per heavy atom. The molecular weight excluding hydrogens is 230 g/mol. The van der Waals surface area contributed by atoms with E-state index in [1.807, 2.05) is 0 Å². The van der Waals surface area contributed by atoms with E-state index in [0.717, 1.165) is 38.5 Å². The van der Waals surface area contributed by atoms with Crippen molar-refractivity contribution in [3.63, 3.8) is 0 Å². The van der Waals surface area contributed by atoms with Gasteiger partial charge in [-0.3, -0.25) is 4.79 Å². The van der Waals surface area contributed by atoms with E-state index in [-0.39, 0.29) is 17.2 Å². The van der Waals surface area contributed by atoms with Crippen molar-refractivity contribution in [2.75, 3.05) is 6.54 Å². The van der Waals surface area contributed by atoms with Crippen LogP contribution in [0.15, 0.2) is 5.16 Å². The Bertz CT molecular complexity index is 297. The van der Waals surface area contributed by atoms with Crippen molar-refractivity contribution in [1.29, 1.82) is 0 Å². The van der Waals surface area contributed by atoms with Gasteiger partial charge in [0.25, 0.3) is 0 Å². The number of hydrogen-bond donors (Lipinski definition) is 3. The number of nitrogens with two attached hydrogens (primary N) is 1. The quantitative estimate of drug-likeness (QED) is 0.223. The molecule has 1 aliphatic rings. The van der Waals surface area contributed by atoms with Crippen LogP contribution in [0.5, 0.6) is 0 Å². The zero-order valence-electron chi connectivity index (χ0n) is 11.2. The first-order chi connectivity index (χ1) is 8.58. The smallest absolute Gasteiger partial charge is 0.225 e. The first-order valence-corrected chi connectivity index (χ1v) is 6.83. The Labute approximate surface area is 109 Å². The first kappa shape index (κ1) is 14.8. The summed E-state index contributed by atoms with van der Waals surface area (Å²) in [5.41, 5.74) is 5.20. The lowest BCUT2D eigenvalue weighted by Gasteiger charge is -2.32. The van der Waals surface area contributed by atoms with Gasteiger partial charge in [-0.2, -0.15) is 0 Å². The molecule has 1 amide bonds. The number of carbonyl (C=O) groups excluding carboxylic acids is 1. The highest BCUT2D eigenvalue weighted by molar-refractivity contribution is 5.82. The topological polar surface area (TPSA) is 87.7 Å². The second-order valence-electron chi connectivity index (χ2n) is 5.43. The summed E-state index contributed by atoms with van der Waals surface area (Å²) in [5.74, 6) is 0.437. The molecule has 0 spiro atoms. The molecule has 18 heavy (non-hydrogen) atoms. The third kappa shape index (κ3) is 4.55. The molecule has 0 aromatic carbocycles. The summed E-state index contributed by atoms with van der Waals surface area (Å²) in [6, 6.07) is 0. The molecule has 0 atom stereocenters. The van der Waals surface area contributed by atoms with E-state index >= 15 is 0 Å². The summed E-state index contributed by atoms with van der Waals surface area (Å²) in [4.78, 5) is 12.1. The van der Waals surface area contributed by atoms with Gasteiger partial charge < -0.3 is 16.3 Å². The molecule has 0 aliphatic heterocycles. The molecule has 0 aromatic rings. The average molecular weight is 255 g/mol. The minimum atomic E-state index is -0.163. The first-order valence-electron chi connectivity index (χ1n) is 6.83. The molecule has 0 unspecified atom stereocenters. The number of nitrogens with zero attached hydrogens (tertiary/aromatic N) is 1. The summed E-state index contributed by atoms with van der Waals surface area (Å²) in [6.07, 6.45) is 7.84. The van der Waals surface area contributed by atoms with Gasteiger partial charge in [-0.05, 0) is 25.7 Å². The maximum atomic E-state index is 12.1. The highest BCUT2D eigenvalue weighted by Crippen LogP contribution is 2.35. The molecule has 0 bridgehead atoms. The highest BCUT2D eigenvalue weighted by atomic mass is 16.4. The summed E-state index contributed by atoms with van der Waals surface area (Å²) in [5, 5.41) is 14.3. The zero-order chi connectivity index (χ0) is 13.4. The number of hydrogen-bond acceptors (Lipinski definition) is 3.